The molecule has 0 bridgehead atoms. The number of thiazole rings is 1. The molecule has 1 aliphatic rings. The van der Waals surface area contributed by atoms with Crippen LogP contribution in [0.25, 0.3) is 5.13 Å². The molecule has 8 nitrogen and oxygen atoms in total. The van der Waals surface area contributed by atoms with Crippen molar-refractivity contribution in [3.05, 3.63) is 40.4 Å². The molecule has 0 aliphatic carbocycles. The van der Waals surface area contributed by atoms with E-state index >= 15 is 0 Å². The van der Waals surface area contributed by atoms with Gasteiger partial charge in [0.1, 0.15) is 0 Å². The number of aryl methyl sites for hydroxylation is 2. The first-order chi connectivity index (χ1) is 13.0. The van der Waals surface area contributed by atoms with E-state index in [9.17, 15) is 4.79 Å². The topological polar surface area (TPSA) is 89.7 Å². The van der Waals surface area contributed by atoms with Crippen LogP contribution in [0.15, 0.2) is 17.6 Å². The Kier molecular flexibility index (Phi) is 4.79. The van der Waals surface area contributed by atoms with Crippen LogP contribution in [-0.2, 0) is 7.05 Å². The first-order valence-corrected chi connectivity index (χ1v) is 9.94. The number of anilines is 1. The van der Waals surface area contributed by atoms with Gasteiger partial charge in [0.25, 0.3) is 5.91 Å². The molecule has 1 aliphatic heterocycles. The van der Waals surface area contributed by atoms with Crippen LogP contribution in [0.3, 0.4) is 0 Å². The molecule has 1 amide bonds. The largest absolute Gasteiger partial charge is 0.317 e. The second-order valence-electron chi connectivity index (χ2n) is 6.83. The Bertz CT molecular complexity index is 951. The lowest BCUT2D eigenvalue weighted by Gasteiger charge is -2.19. The number of piperidine rings is 1. The summed E-state index contributed by atoms with van der Waals surface area (Å²) in [4.78, 5) is 21.8. The predicted octanol–water partition coefficient (Wildman–Crippen LogP) is 2.40. The SMILES string of the molecule is Cc1cc(C(=O)Nc2nc(C3CCNCC3)nn2C)c(C)n1-c1nccs1. The van der Waals surface area contributed by atoms with Gasteiger partial charge in [-0.25, -0.2) is 9.67 Å². The van der Waals surface area contributed by atoms with Crippen LogP contribution in [0.5, 0.6) is 0 Å². The molecule has 1 fully saturated rings. The summed E-state index contributed by atoms with van der Waals surface area (Å²) in [5, 5.41) is 13.6. The van der Waals surface area contributed by atoms with Gasteiger partial charge in [0, 0.05) is 35.9 Å². The van der Waals surface area contributed by atoms with E-state index in [0.29, 0.717) is 17.4 Å². The number of rotatable bonds is 4. The number of nitrogens with one attached hydrogen (secondary N) is 2. The molecule has 3 aromatic heterocycles. The number of carbonyl (C=O) groups excluding carboxylic acids is 1. The van der Waals surface area contributed by atoms with Crippen LogP contribution >= 0.6 is 11.3 Å². The smallest absolute Gasteiger partial charge is 0.259 e. The molecule has 0 saturated carbocycles. The highest BCUT2D eigenvalue weighted by Crippen LogP contribution is 2.25. The Morgan fingerprint density at radius 2 is 2.11 bits per heavy atom. The minimum Gasteiger partial charge on any atom is -0.317 e. The number of aromatic nitrogens is 5. The second kappa shape index (κ2) is 7.24. The summed E-state index contributed by atoms with van der Waals surface area (Å²) in [6, 6.07) is 1.89. The maximum atomic E-state index is 12.9. The molecule has 4 heterocycles. The summed E-state index contributed by atoms with van der Waals surface area (Å²) in [6.45, 7) is 5.86. The zero-order valence-electron chi connectivity index (χ0n) is 15.7. The van der Waals surface area contributed by atoms with Crippen LogP contribution in [0, 0.1) is 13.8 Å². The van der Waals surface area contributed by atoms with Crippen LogP contribution in [-0.4, -0.2) is 43.3 Å². The molecule has 0 aromatic carbocycles. The van der Waals surface area contributed by atoms with Gasteiger partial charge in [0.05, 0.1) is 5.56 Å². The van der Waals surface area contributed by atoms with E-state index in [-0.39, 0.29) is 5.91 Å². The van der Waals surface area contributed by atoms with Gasteiger partial charge in [0.15, 0.2) is 11.0 Å². The highest BCUT2D eigenvalue weighted by Gasteiger charge is 2.23. The molecule has 0 radical (unpaired) electrons. The van der Waals surface area contributed by atoms with Crippen molar-refractivity contribution >= 4 is 23.2 Å². The normalized spacial score (nSPS) is 15.2. The average Bonchev–Trinajstić information content (AvgIpc) is 3.37. The van der Waals surface area contributed by atoms with Crippen LogP contribution in [0.4, 0.5) is 5.95 Å². The Morgan fingerprint density at radius 1 is 1.33 bits per heavy atom. The van der Waals surface area contributed by atoms with Gasteiger partial charge in [-0.15, -0.1) is 11.3 Å². The van der Waals surface area contributed by atoms with Gasteiger partial charge in [-0.05, 0) is 45.8 Å². The molecule has 0 spiro atoms. The maximum absolute atomic E-state index is 12.9. The minimum atomic E-state index is -0.182. The number of nitrogens with zero attached hydrogens (tertiary/aromatic N) is 5. The summed E-state index contributed by atoms with van der Waals surface area (Å²) in [7, 11) is 1.81. The van der Waals surface area contributed by atoms with Gasteiger partial charge in [-0.3, -0.25) is 14.7 Å². The van der Waals surface area contributed by atoms with Crippen molar-refractivity contribution in [1.82, 2.24) is 29.6 Å². The first kappa shape index (κ1) is 17.9. The van der Waals surface area contributed by atoms with Gasteiger partial charge in [-0.2, -0.15) is 10.1 Å². The van der Waals surface area contributed by atoms with Gasteiger partial charge in [-0.1, -0.05) is 0 Å². The monoisotopic (exact) mass is 385 g/mol. The van der Waals surface area contributed by atoms with Crippen molar-refractivity contribution in [2.45, 2.75) is 32.6 Å². The van der Waals surface area contributed by atoms with E-state index in [4.69, 9.17) is 0 Å². The zero-order valence-corrected chi connectivity index (χ0v) is 16.5. The standard InChI is InChI=1S/C18H23N7OS/c1-11-10-14(12(2)25(11)18-20-8-9-27-18)16(26)22-17-21-15(23-24(17)3)13-4-6-19-7-5-13/h8-10,13,19H,4-7H2,1-3H3,(H,21,22,23,26). The van der Waals surface area contributed by atoms with Gasteiger partial charge < -0.3 is 5.32 Å². The fraction of sp³-hybridized carbons (Fsp3) is 0.444. The number of hydrogen-bond donors (Lipinski definition) is 2. The highest BCUT2D eigenvalue weighted by atomic mass is 32.1. The van der Waals surface area contributed by atoms with Crippen molar-refractivity contribution in [2.24, 2.45) is 7.05 Å². The average molecular weight is 385 g/mol. The number of hydrogen-bond acceptors (Lipinski definition) is 6. The highest BCUT2D eigenvalue weighted by molar-refractivity contribution is 7.12. The lowest BCUT2D eigenvalue weighted by Crippen LogP contribution is -2.27. The van der Waals surface area contributed by atoms with E-state index in [1.807, 2.05) is 36.9 Å². The lowest BCUT2D eigenvalue weighted by molar-refractivity contribution is 0.102. The van der Waals surface area contributed by atoms with E-state index in [1.54, 1.807) is 22.2 Å². The van der Waals surface area contributed by atoms with Crippen molar-refractivity contribution in [3.8, 4) is 5.13 Å². The number of amides is 1. The molecule has 3 aromatic rings. The fourth-order valence-corrected chi connectivity index (χ4v) is 4.30. The molecule has 4 rings (SSSR count). The van der Waals surface area contributed by atoms with Crippen molar-refractivity contribution < 1.29 is 4.79 Å². The van der Waals surface area contributed by atoms with E-state index in [1.165, 1.54) is 0 Å². The Hall–Kier alpha value is -2.52. The molecule has 142 valence electrons. The third-order valence-electron chi connectivity index (χ3n) is 5.00. The van der Waals surface area contributed by atoms with Crippen molar-refractivity contribution in [3.63, 3.8) is 0 Å². The molecular weight excluding hydrogens is 362 g/mol. The molecule has 27 heavy (non-hydrogen) atoms. The third-order valence-corrected chi connectivity index (χ3v) is 5.75. The van der Waals surface area contributed by atoms with E-state index < -0.39 is 0 Å². The van der Waals surface area contributed by atoms with Crippen molar-refractivity contribution in [2.75, 3.05) is 18.4 Å². The van der Waals surface area contributed by atoms with Crippen LogP contribution in [0.2, 0.25) is 0 Å². The molecule has 0 atom stereocenters. The molecular formula is C18H23N7OS. The predicted molar refractivity (Wildman–Crippen MR) is 105 cm³/mol. The Morgan fingerprint density at radius 3 is 2.81 bits per heavy atom. The number of carbonyl (C=O) groups is 1. The summed E-state index contributed by atoms with van der Waals surface area (Å²) in [5.41, 5.74) is 2.45. The summed E-state index contributed by atoms with van der Waals surface area (Å²) in [6.07, 6.45) is 3.80. The molecule has 1 saturated heterocycles. The molecule has 2 N–H and O–H groups in total. The quantitative estimate of drug-likeness (QED) is 0.720. The van der Waals surface area contributed by atoms with Gasteiger partial charge >= 0.3 is 0 Å². The Balaban J connectivity index is 1.56. The van der Waals surface area contributed by atoms with E-state index in [0.717, 1.165) is 48.3 Å². The van der Waals surface area contributed by atoms with Crippen LogP contribution in [0.1, 0.15) is 46.3 Å². The van der Waals surface area contributed by atoms with Gasteiger partial charge in [0.2, 0.25) is 5.95 Å². The molecule has 9 heteroatoms. The first-order valence-electron chi connectivity index (χ1n) is 9.06. The second-order valence-corrected chi connectivity index (χ2v) is 7.70. The third kappa shape index (κ3) is 3.40. The van der Waals surface area contributed by atoms with E-state index in [2.05, 4.69) is 25.7 Å². The maximum Gasteiger partial charge on any atom is 0.259 e. The zero-order chi connectivity index (χ0) is 19.0. The fourth-order valence-electron chi connectivity index (χ4n) is 3.55. The minimum absolute atomic E-state index is 0.182. The summed E-state index contributed by atoms with van der Waals surface area (Å²) >= 11 is 1.54. The summed E-state index contributed by atoms with van der Waals surface area (Å²) < 4.78 is 3.64. The summed E-state index contributed by atoms with van der Waals surface area (Å²) in [5.74, 6) is 1.45. The lowest BCUT2D eigenvalue weighted by atomic mass is 9.98. The Labute approximate surface area is 161 Å². The van der Waals surface area contributed by atoms with Crippen molar-refractivity contribution in [1.29, 1.82) is 0 Å². The molecule has 0 unspecified atom stereocenters. The van der Waals surface area contributed by atoms with Crippen LogP contribution < -0.4 is 10.6 Å².